The first-order valence-corrected chi connectivity index (χ1v) is 5.28. The Morgan fingerprint density at radius 1 is 1.20 bits per heavy atom. The van der Waals surface area contributed by atoms with Crippen molar-refractivity contribution in [2.45, 2.75) is 13.0 Å². The van der Waals surface area contributed by atoms with Gasteiger partial charge in [0.2, 0.25) is 0 Å². The van der Waals surface area contributed by atoms with E-state index in [1.165, 1.54) is 12.1 Å². The third-order valence-corrected chi connectivity index (χ3v) is 2.20. The number of nitrogens with one attached hydrogen (secondary N) is 1. The van der Waals surface area contributed by atoms with Crippen molar-refractivity contribution in [3.8, 4) is 0 Å². The molecule has 3 heteroatoms. The molecule has 84 valence electrons. The molecule has 0 fully saturated rings. The van der Waals surface area contributed by atoms with Gasteiger partial charge in [-0.25, -0.2) is 4.39 Å². The minimum Gasteiger partial charge on any atom is -0.313 e. The molecule has 2 nitrogen and oxygen atoms in total. The highest BCUT2D eigenvalue weighted by molar-refractivity contribution is 5.15. The summed E-state index contributed by atoms with van der Waals surface area (Å²) in [5.74, 6) is -0.175. The Morgan fingerprint density at radius 2 is 1.87 bits per heavy atom. The molecular weight excluding hydrogens is 191 g/mol. The van der Waals surface area contributed by atoms with Crippen LogP contribution in [0.3, 0.4) is 0 Å². The Kier molecular flexibility index (Phi) is 5.29. The topological polar surface area (TPSA) is 15.3 Å². The maximum Gasteiger partial charge on any atom is 0.123 e. The molecule has 0 spiro atoms. The van der Waals surface area contributed by atoms with Crippen molar-refractivity contribution in [2.75, 3.05) is 27.2 Å². The van der Waals surface area contributed by atoms with Crippen LogP contribution in [0.5, 0.6) is 0 Å². The van der Waals surface area contributed by atoms with E-state index in [2.05, 4.69) is 24.3 Å². The van der Waals surface area contributed by atoms with Gasteiger partial charge in [-0.05, 0) is 51.3 Å². The van der Waals surface area contributed by atoms with Crippen LogP contribution in [0.4, 0.5) is 4.39 Å². The van der Waals surface area contributed by atoms with Crippen LogP contribution in [0.1, 0.15) is 12.0 Å². The number of benzene rings is 1. The molecule has 1 rings (SSSR count). The van der Waals surface area contributed by atoms with E-state index in [-0.39, 0.29) is 5.82 Å². The smallest absolute Gasteiger partial charge is 0.123 e. The van der Waals surface area contributed by atoms with E-state index in [4.69, 9.17) is 0 Å². The Labute approximate surface area is 91.1 Å². The molecule has 0 saturated heterocycles. The predicted molar refractivity (Wildman–Crippen MR) is 61.3 cm³/mol. The van der Waals surface area contributed by atoms with Gasteiger partial charge in [-0.1, -0.05) is 12.1 Å². The molecule has 0 aromatic heterocycles. The fourth-order valence-electron chi connectivity index (χ4n) is 1.36. The van der Waals surface area contributed by atoms with E-state index < -0.39 is 0 Å². The highest BCUT2D eigenvalue weighted by Gasteiger charge is 1.94. The molecule has 0 bridgehead atoms. The van der Waals surface area contributed by atoms with E-state index in [1.807, 2.05) is 12.1 Å². The lowest BCUT2D eigenvalue weighted by Crippen LogP contribution is -2.20. The largest absolute Gasteiger partial charge is 0.313 e. The highest BCUT2D eigenvalue weighted by Crippen LogP contribution is 2.01. The summed E-state index contributed by atoms with van der Waals surface area (Å²) in [6.45, 7) is 2.90. The van der Waals surface area contributed by atoms with Crippen molar-refractivity contribution in [1.82, 2.24) is 10.2 Å². The lowest BCUT2D eigenvalue weighted by Gasteiger charge is -2.09. The van der Waals surface area contributed by atoms with E-state index >= 15 is 0 Å². The monoisotopic (exact) mass is 210 g/mol. The van der Waals surface area contributed by atoms with Crippen LogP contribution < -0.4 is 5.32 Å². The molecule has 0 aliphatic carbocycles. The zero-order chi connectivity index (χ0) is 11.1. The van der Waals surface area contributed by atoms with E-state index in [9.17, 15) is 4.39 Å². The van der Waals surface area contributed by atoms with Crippen LogP contribution in [0.15, 0.2) is 24.3 Å². The van der Waals surface area contributed by atoms with Crippen molar-refractivity contribution in [3.63, 3.8) is 0 Å². The number of nitrogens with zero attached hydrogens (tertiary/aromatic N) is 1. The first-order valence-electron chi connectivity index (χ1n) is 5.28. The lowest BCUT2D eigenvalue weighted by molar-refractivity contribution is 0.394. The van der Waals surface area contributed by atoms with Crippen LogP contribution in [-0.2, 0) is 6.54 Å². The van der Waals surface area contributed by atoms with Gasteiger partial charge in [0.25, 0.3) is 0 Å². The number of rotatable bonds is 6. The van der Waals surface area contributed by atoms with Gasteiger partial charge in [0.15, 0.2) is 0 Å². The zero-order valence-electron chi connectivity index (χ0n) is 9.46. The lowest BCUT2D eigenvalue weighted by atomic mass is 10.2. The van der Waals surface area contributed by atoms with E-state index in [0.717, 1.165) is 31.6 Å². The first kappa shape index (κ1) is 12.1. The van der Waals surface area contributed by atoms with Crippen LogP contribution in [0, 0.1) is 5.82 Å². The quantitative estimate of drug-likeness (QED) is 0.721. The van der Waals surface area contributed by atoms with Crippen LogP contribution in [0.2, 0.25) is 0 Å². The molecule has 0 aliphatic rings. The van der Waals surface area contributed by atoms with Crippen molar-refractivity contribution >= 4 is 0 Å². The van der Waals surface area contributed by atoms with Gasteiger partial charge in [0, 0.05) is 6.54 Å². The Bertz CT molecular complexity index is 269. The minimum absolute atomic E-state index is 0.175. The molecule has 0 unspecified atom stereocenters. The molecule has 15 heavy (non-hydrogen) atoms. The molecule has 0 amide bonds. The second-order valence-electron chi connectivity index (χ2n) is 3.96. The van der Waals surface area contributed by atoms with Gasteiger partial charge in [0.05, 0.1) is 0 Å². The summed E-state index contributed by atoms with van der Waals surface area (Å²) >= 11 is 0. The molecular formula is C12H19FN2. The van der Waals surface area contributed by atoms with Crippen molar-refractivity contribution in [2.24, 2.45) is 0 Å². The number of halogens is 1. The normalized spacial score (nSPS) is 10.9. The van der Waals surface area contributed by atoms with Crippen LogP contribution in [-0.4, -0.2) is 32.1 Å². The average Bonchev–Trinajstić information content (AvgIpc) is 2.20. The summed E-state index contributed by atoms with van der Waals surface area (Å²) in [7, 11) is 4.14. The second-order valence-corrected chi connectivity index (χ2v) is 3.96. The summed E-state index contributed by atoms with van der Waals surface area (Å²) in [6.07, 6.45) is 1.13. The SMILES string of the molecule is CN(C)CCCNCc1ccc(F)cc1. The van der Waals surface area contributed by atoms with Crippen LogP contribution >= 0.6 is 0 Å². The van der Waals surface area contributed by atoms with Gasteiger partial charge >= 0.3 is 0 Å². The first-order chi connectivity index (χ1) is 7.18. The van der Waals surface area contributed by atoms with Gasteiger partial charge in [0.1, 0.15) is 5.82 Å². The Morgan fingerprint density at radius 3 is 2.47 bits per heavy atom. The van der Waals surface area contributed by atoms with Gasteiger partial charge in [-0.2, -0.15) is 0 Å². The van der Waals surface area contributed by atoms with Crippen molar-refractivity contribution in [1.29, 1.82) is 0 Å². The average molecular weight is 210 g/mol. The fourth-order valence-corrected chi connectivity index (χ4v) is 1.36. The van der Waals surface area contributed by atoms with Gasteiger partial charge in [-0.15, -0.1) is 0 Å². The summed E-state index contributed by atoms with van der Waals surface area (Å²) in [5, 5.41) is 3.33. The number of hydrogen-bond donors (Lipinski definition) is 1. The third-order valence-electron chi connectivity index (χ3n) is 2.20. The van der Waals surface area contributed by atoms with Gasteiger partial charge < -0.3 is 10.2 Å². The van der Waals surface area contributed by atoms with Crippen LogP contribution in [0.25, 0.3) is 0 Å². The molecule has 0 atom stereocenters. The second kappa shape index (κ2) is 6.53. The Hall–Kier alpha value is -0.930. The summed E-state index contributed by atoms with van der Waals surface area (Å²) < 4.78 is 12.6. The maximum absolute atomic E-state index is 12.6. The van der Waals surface area contributed by atoms with E-state index in [1.54, 1.807) is 0 Å². The molecule has 0 saturated carbocycles. The molecule has 0 aliphatic heterocycles. The molecule has 0 radical (unpaired) electrons. The maximum atomic E-state index is 12.6. The molecule has 1 aromatic carbocycles. The Balaban J connectivity index is 2.12. The standard InChI is InChI=1S/C12H19FN2/c1-15(2)9-3-8-14-10-11-4-6-12(13)7-5-11/h4-7,14H,3,8-10H2,1-2H3. The fraction of sp³-hybridized carbons (Fsp3) is 0.500. The van der Waals surface area contributed by atoms with E-state index in [0.29, 0.717) is 0 Å². The highest BCUT2D eigenvalue weighted by atomic mass is 19.1. The third kappa shape index (κ3) is 5.50. The zero-order valence-corrected chi connectivity index (χ0v) is 9.46. The minimum atomic E-state index is -0.175. The van der Waals surface area contributed by atoms with Crippen molar-refractivity contribution < 1.29 is 4.39 Å². The molecule has 1 N–H and O–H groups in total. The van der Waals surface area contributed by atoms with Gasteiger partial charge in [-0.3, -0.25) is 0 Å². The summed E-state index contributed by atoms with van der Waals surface area (Å²) in [5.41, 5.74) is 1.13. The molecule has 1 aromatic rings. The number of hydrogen-bond acceptors (Lipinski definition) is 2. The van der Waals surface area contributed by atoms with Crippen molar-refractivity contribution in [3.05, 3.63) is 35.6 Å². The molecule has 0 heterocycles. The summed E-state index contributed by atoms with van der Waals surface area (Å²) in [6, 6.07) is 6.62. The predicted octanol–water partition coefficient (Wildman–Crippen LogP) is 1.87. The summed E-state index contributed by atoms with van der Waals surface area (Å²) in [4.78, 5) is 2.17.